The first kappa shape index (κ1) is 13.9. The third-order valence-corrected chi connectivity index (χ3v) is 4.66. The summed E-state index contributed by atoms with van der Waals surface area (Å²) in [5, 5.41) is 0.732. The molecular weight excluding hydrogens is 300 g/mol. The van der Waals surface area contributed by atoms with Crippen LogP contribution in [0, 0.1) is 0 Å². The van der Waals surface area contributed by atoms with Crippen LogP contribution in [-0.2, 0) is 6.54 Å². The highest BCUT2D eigenvalue weighted by molar-refractivity contribution is 6.31. The van der Waals surface area contributed by atoms with Crippen LogP contribution in [0.25, 0.3) is 0 Å². The molecule has 1 aromatic carbocycles. The minimum atomic E-state index is 0.273. The van der Waals surface area contributed by atoms with Gasteiger partial charge in [0.15, 0.2) is 11.5 Å². The van der Waals surface area contributed by atoms with Crippen LogP contribution >= 0.6 is 11.6 Å². The molecule has 0 aliphatic carbocycles. The molecule has 5 heteroatoms. The Morgan fingerprint density at radius 2 is 2.09 bits per heavy atom. The van der Waals surface area contributed by atoms with Gasteiger partial charge in [-0.25, -0.2) is 0 Å². The molecule has 3 heterocycles. The molecule has 0 radical (unpaired) electrons. The Balaban J connectivity index is 1.58. The molecule has 4 rings (SSSR count). The van der Waals surface area contributed by atoms with E-state index in [-0.39, 0.29) is 6.79 Å². The Morgan fingerprint density at radius 3 is 2.91 bits per heavy atom. The number of hydrogen-bond acceptors (Lipinski definition) is 4. The van der Waals surface area contributed by atoms with E-state index in [2.05, 4.69) is 16.0 Å². The van der Waals surface area contributed by atoms with Gasteiger partial charge in [0.1, 0.15) is 0 Å². The molecule has 0 bridgehead atoms. The maximum atomic E-state index is 6.40. The highest BCUT2D eigenvalue weighted by atomic mass is 35.5. The standard InChI is InChI=1S/C17H17ClN2O2/c18-13-9-17-16(21-11-22-17)8-12(13)10-20-7-3-5-15(20)14-4-1-2-6-19-14/h1-2,4,6,8-9,15H,3,5,7,10-11H2/t15-/m0/s1. The summed E-state index contributed by atoms with van der Waals surface area (Å²) in [4.78, 5) is 6.95. The Morgan fingerprint density at radius 1 is 1.23 bits per heavy atom. The van der Waals surface area contributed by atoms with Gasteiger partial charge in [-0.05, 0) is 43.1 Å². The molecule has 0 N–H and O–H groups in total. The predicted molar refractivity (Wildman–Crippen MR) is 84.2 cm³/mol. The van der Waals surface area contributed by atoms with E-state index >= 15 is 0 Å². The lowest BCUT2D eigenvalue weighted by Gasteiger charge is -2.24. The van der Waals surface area contributed by atoms with Gasteiger partial charge < -0.3 is 9.47 Å². The molecule has 114 valence electrons. The Hall–Kier alpha value is -1.78. The molecule has 0 amide bonds. The van der Waals surface area contributed by atoms with E-state index in [9.17, 15) is 0 Å². The summed E-state index contributed by atoms with van der Waals surface area (Å²) in [6.07, 6.45) is 4.18. The molecule has 4 nitrogen and oxygen atoms in total. The first-order valence-corrected chi connectivity index (χ1v) is 7.92. The Labute approximate surface area is 134 Å². The van der Waals surface area contributed by atoms with Crippen molar-refractivity contribution in [2.24, 2.45) is 0 Å². The average molecular weight is 317 g/mol. The largest absolute Gasteiger partial charge is 0.454 e. The number of pyridine rings is 1. The summed E-state index contributed by atoms with van der Waals surface area (Å²) < 4.78 is 10.8. The van der Waals surface area contributed by atoms with Crippen LogP contribution in [0.1, 0.15) is 30.1 Å². The number of benzene rings is 1. The molecule has 2 aromatic rings. The summed E-state index contributed by atoms with van der Waals surface area (Å²) in [6.45, 7) is 2.14. The van der Waals surface area contributed by atoms with Crippen molar-refractivity contribution in [3.63, 3.8) is 0 Å². The number of hydrogen-bond donors (Lipinski definition) is 0. The maximum absolute atomic E-state index is 6.40. The highest BCUT2D eigenvalue weighted by Crippen LogP contribution is 2.39. The maximum Gasteiger partial charge on any atom is 0.231 e. The van der Waals surface area contributed by atoms with Gasteiger partial charge in [0.05, 0.1) is 11.7 Å². The zero-order valence-corrected chi connectivity index (χ0v) is 12.9. The van der Waals surface area contributed by atoms with Crippen LogP contribution in [0.15, 0.2) is 36.5 Å². The minimum absolute atomic E-state index is 0.273. The van der Waals surface area contributed by atoms with E-state index < -0.39 is 0 Å². The van der Waals surface area contributed by atoms with Crippen LogP contribution in [-0.4, -0.2) is 23.2 Å². The van der Waals surface area contributed by atoms with Gasteiger partial charge >= 0.3 is 0 Å². The van der Waals surface area contributed by atoms with Crippen molar-refractivity contribution in [3.8, 4) is 11.5 Å². The second-order valence-corrected chi connectivity index (χ2v) is 6.09. The van der Waals surface area contributed by atoms with E-state index in [0.717, 1.165) is 47.3 Å². The van der Waals surface area contributed by atoms with Crippen molar-refractivity contribution >= 4 is 11.6 Å². The van der Waals surface area contributed by atoms with Crippen molar-refractivity contribution in [3.05, 3.63) is 52.8 Å². The topological polar surface area (TPSA) is 34.6 Å². The Bertz CT molecular complexity index is 678. The van der Waals surface area contributed by atoms with Crippen molar-refractivity contribution in [1.29, 1.82) is 0 Å². The molecular formula is C17H17ClN2O2. The summed E-state index contributed by atoms with van der Waals surface area (Å²) >= 11 is 6.40. The number of nitrogens with zero attached hydrogens (tertiary/aromatic N) is 2. The SMILES string of the molecule is Clc1cc2c(cc1CN1CCC[C@H]1c1ccccn1)OCO2. The molecule has 1 atom stereocenters. The fourth-order valence-electron chi connectivity index (χ4n) is 3.22. The van der Waals surface area contributed by atoms with Gasteiger partial charge in [0.2, 0.25) is 6.79 Å². The van der Waals surface area contributed by atoms with Gasteiger partial charge in [-0.1, -0.05) is 17.7 Å². The van der Waals surface area contributed by atoms with Crippen molar-refractivity contribution in [2.45, 2.75) is 25.4 Å². The second-order valence-electron chi connectivity index (χ2n) is 5.68. The molecule has 0 unspecified atom stereocenters. The first-order valence-electron chi connectivity index (χ1n) is 7.54. The van der Waals surface area contributed by atoms with Crippen molar-refractivity contribution in [1.82, 2.24) is 9.88 Å². The smallest absolute Gasteiger partial charge is 0.231 e. The molecule has 22 heavy (non-hydrogen) atoms. The third-order valence-electron chi connectivity index (χ3n) is 4.31. The fourth-order valence-corrected chi connectivity index (χ4v) is 3.44. The number of halogens is 1. The average Bonchev–Trinajstić information content (AvgIpc) is 3.17. The van der Waals surface area contributed by atoms with E-state index in [0.29, 0.717) is 6.04 Å². The zero-order chi connectivity index (χ0) is 14.9. The van der Waals surface area contributed by atoms with Crippen LogP contribution in [0.3, 0.4) is 0 Å². The number of likely N-dealkylation sites (tertiary alicyclic amines) is 1. The number of ether oxygens (including phenoxy) is 2. The van der Waals surface area contributed by atoms with Crippen LogP contribution in [0.5, 0.6) is 11.5 Å². The van der Waals surface area contributed by atoms with E-state index in [1.165, 1.54) is 6.42 Å². The van der Waals surface area contributed by atoms with Crippen molar-refractivity contribution in [2.75, 3.05) is 13.3 Å². The molecule has 0 spiro atoms. The lowest BCUT2D eigenvalue weighted by molar-refractivity contribution is 0.174. The van der Waals surface area contributed by atoms with Crippen molar-refractivity contribution < 1.29 is 9.47 Å². The summed E-state index contributed by atoms with van der Waals surface area (Å²) in [6, 6.07) is 10.3. The van der Waals surface area contributed by atoms with Gasteiger partial charge in [0, 0.05) is 23.8 Å². The zero-order valence-electron chi connectivity index (χ0n) is 12.2. The highest BCUT2D eigenvalue weighted by Gasteiger charge is 2.28. The van der Waals surface area contributed by atoms with Gasteiger partial charge in [-0.2, -0.15) is 0 Å². The second kappa shape index (κ2) is 5.78. The van der Waals surface area contributed by atoms with Gasteiger partial charge in [-0.15, -0.1) is 0 Å². The summed E-state index contributed by atoms with van der Waals surface area (Å²) in [5.74, 6) is 1.52. The van der Waals surface area contributed by atoms with E-state index in [1.54, 1.807) is 0 Å². The lowest BCUT2D eigenvalue weighted by Crippen LogP contribution is -2.23. The number of rotatable bonds is 3. The minimum Gasteiger partial charge on any atom is -0.454 e. The van der Waals surface area contributed by atoms with Crippen LogP contribution in [0.4, 0.5) is 0 Å². The summed E-state index contributed by atoms with van der Waals surface area (Å²) in [7, 11) is 0. The van der Waals surface area contributed by atoms with Crippen LogP contribution < -0.4 is 9.47 Å². The molecule has 0 saturated carbocycles. The summed E-state index contributed by atoms with van der Waals surface area (Å²) in [5.41, 5.74) is 2.21. The quantitative estimate of drug-likeness (QED) is 0.862. The number of aromatic nitrogens is 1. The van der Waals surface area contributed by atoms with E-state index in [4.69, 9.17) is 21.1 Å². The number of fused-ring (bicyclic) bond motifs is 1. The first-order chi connectivity index (χ1) is 10.8. The fraction of sp³-hybridized carbons (Fsp3) is 0.353. The van der Waals surface area contributed by atoms with Gasteiger partial charge in [-0.3, -0.25) is 9.88 Å². The molecule has 1 aromatic heterocycles. The molecule has 2 aliphatic heterocycles. The Kier molecular flexibility index (Phi) is 3.64. The third kappa shape index (κ3) is 2.53. The molecule has 1 fully saturated rings. The van der Waals surface area contributed by atoms with Gasteiger partial charge in [0.25, 0.3) is 0 Å². The predicted octanol–water partition coefficient (Wildman–Crippen LogP) is 3.80. The van der Waals surface area contributed by atoms with E-state index in [1.807, 2.05) is 30.5 Å². The lowest BCUT2D eigenvalue weighted by atomic mass is 10.1. The normalized spacial score (nSPS) is 20.5. The van der Waals surface area contributed by atoms with Crippen LogP contribution in [0.2, 0.25) is 5.02 Å². The molecule has 1 saturated heterocycles. The molecule has 2 aliphatic rings. The monoisotopic (exact) mass is 316 g/mol.